The van der Waals surface area contributed by atoms with Gasteiger partial charge in [0.25, 0.3) is 0 Å². The van der Waals surface area contributed by atoms with E-state index >= 15 is 0 Å². The molecule has 1 fully saturated rings. The molecule has 0 bridgehead atoms. The minimum absolute atomic E-state index is 0.0534. The Bertz CT molecular complexity index is 417. The molecule has 21 heavy (non-hydrogen) atoms. The standard InChI is InChI=1S/C17H28N2O2/c1-13(18)17(14-6-8-16(21-2)9-7-14)19-11-4-3-5-15(19)10-12-20/h6-9,13,15,17,20H,3-5,10-12,18H2,1-2H3. The fourth-order valence-corrected chi connectivity index (χ4v) is 3.45. The van der Waals surface area contributed by atoms with E-state index < -0.39 is 0 Å². The Balaban J connectivity index is 2.23. The summed E-state index contributed by atoms with van der Waals surface area (Å²) in [5.74, 6) is 0.868. The number of aliphatic hydroxyl groups excluding tert-OH is 1. The quantitative estimate of drug-likeness (QED) is 0.845. The number of ether oxygens (including phenoxy) is 1. The second-order valence-corrected chi connectivity index (χ2v) is 5.98. The number of methoxy groups -OCH3 is 1. The van der Waals surface area contributed by atoms with E-state index in [-0.39, 0.29) is 18.7 Å². The predicted molar refractivity (Wildman–Crippen MR) is 85.4 cm³/mol. The largest absolute Gasteiger partial charge is 0.497 e. The fraction of sp³-hybridized carbons (Fsp3) is 0.647. The molecule has 4 nitrogen and oxygen atoms in total. The van der Waals surface area contributed by atoms with E-state index in [4.69, 9.17) is 10.5 Å². The lowest BCUT2D eigenvalue weighted by Crippen LogP contribution is -2.48. The minimum atomic E-state index is 0.0534. The van der Waals surface area contributed by atoms with E-state index in [9.17, 15) is 5.11 Å². The molecule has 1 aromatic rings. The second-order valence-electron chi connectivity index (χ2n) is 5.98. The summed E-state index contributed by atoms with van der Waals surface area (Å²) in [5.41, 5.74) is 7.53. The smallest absolute Gasteiger partial charge is 0.118 e. The number of hydrogen-bond donors (Lipinski definition) is 2. The van der Waals surface area contributed by atoms with E-state index in [0.717, 1.165) is 25.1 Å². The first-order valence-corrected chi connectivity index (χ1v) is 7.93. The molecule has 0 saturated carbocycles. The molecular formula is C17H28N2O2. The zero-order valence-electron chi connectivity index (χ0n) is 13.2. The van der Waals surface area contributed by atoms with Crippen molar-refractivity contribution in [2.24, 2.45) is 5.73 Å². The molecule has 2 rings (SSSR count). The van der Waals surface area contributed by atoms with Gasteiger partial charge in [-0.2, -0.15) is 0 Å². The van der Waals surface area contributed by atoms with Crippen molar-refractivity contribution in [3.8, 4) is 5.75 Å². The SMILES string of the molecule is COc1ccc(C(C(C)N)N2CCCCC2CCO)cc1. The highest BCUT2D eigenvalue weighted by Crippen LogP contribution is 2.32. The third kappa shape index (κ3) is 3.96. The molecule has 4 heteroatoms. The van der Waals surface area contributed by atoms with E-state index in [1.165, 1.54) is 18.4 Å². The van der Waals surface area contributed by atoms with Gasteiger partial charge in [-0.1, -0.05) is 18.6 Å². The normalized spacial score (nSPS) is 22.8. The molecule has 3 atom stereocenters. The fourth-order valence-electron chi connectivity index (χ4n) is 3.45. The van der Waals surface area contributed by atoms with Crippen molar-refractivity contribution in [1.82, 2.24) is 4.90 Å². The maximum Gasteiger partial charge on any atom is 0.118 e. The van der Waals surface area contributed by atoms with Crippen LogP contribution in [0.4, 0.5) is 0 Å². The van der Waals surface area contributed by atoms with Crippen LogP contribution in [0, 0.1) is 0 Å². The molecule has 0 aromatic heterocycles. The summed E-state index contributed by atoms with van der Waals surface area (Å²) in [6, 6.07) is 8.90. The highest BCUT2D eigenvalue weighted by Gasteiger charge is 2.31. The van der Waals surface area contributed by atoms with Crippen LogP contribution in [-0.4, -0.2) is 42.4 Å². The third-order valence-corrected chi connectivity index (χ3v) is 4.45. The summed E-state index contributed by atoms with van der Waals surface area (Å²) < 4.78 is 5.24. The molecule has 118 valence electrons. The topological polar surface area (TPSA) is 58.7 Å². The van der Waals surface area contributed by atoms with Crippen molar-refractivity contribution < 1.29 is 9.84 Å². The van der Waals surface area contributed by atoms with Crippen LogP contribution in [0.25, 0.3) is 0 Å². The molecule has 0 amide bonds. The first-order valence-electron chi connectivity index (χ1n) is 7.93. The molecule has 3 unspecified atom stereocenters. The summed E-state index contributed by atoms with van der Waals surface area (Å²) in [6.45, 7) is 3.37. The van der Waals surface area contributed by atoms with Gasteiger partial charge < -0.3 is 15.6 Å². The molecule has 1 aliphatic rings. The number of likely N-dealkylation sites (tertiary alicyclic amines) is 1. The first kappa shape index (κ1) is 16.3. The van der Waals surface area contributed by atoms with Gasteiger partial charge in [0.05, 0.1) is 7.11 Å². The molecule has 1 heterocycles. The van der Waals surface area contributed by atoms with Gasteiger partial charge in [-0.15, -0.1) is 0 Å². The Labute approximate surface area is 127 Å². The number of aliphatic hydroxyl groups is 1. The number of rotatable bonds is 6. The highest BCUT2D eigenvalue weighted by molar-refractivity contribution is 5.30. The summed E-state index contributed by atoms with van der Waals surface area (Å²) >= 11 is 0. The lowest BCUT2D eigenvalue weighted by atomic mass is 9.91. The van der Waals surface area contributed by atoms with Gasteiger partial charge >= 0.3 is 0 Å². The Hall–Kier alpha value is -1.10. The highest BCUT2D eigenvalue weighted by atomic mass is 16.5. The molecular weight excluding hydrogens is 264 g/mol. The lowest BCUT2D eigenvalue weighted by molar-refractivity contribution is 0.0652. The maximum absolute atomic E-state index is 9.32. The van der Waals surface area contributed by atoms with Gasteiger partial charge in [0.15, 0.2) is 0 Å². The Morgan fingerprint density at radius 3 is 2.62 bits per heavy atom. The van der Waals surface area contributed by atoms with Gasteiger partial charge in [0.2, 0.25) is 0 Å². The molecule has 1 aliphatic heterocycles. The van der Waals surface area contributed by atoms with Crippen LogP contribution in [0.15, 0.2) is 24.3 Å². The van der Waals surface area contributed by atoms with E-state index in [1.807, 2.05) is 12.1 Å². The second kappa shape index (κ2) is 7.78. The Morgan fingerprint density at radius 2 is 2.05 bits per heavy atom. The number of nitrogens with zero attached hydrogens (tertiary/aromatic N) is 1. The van der Waals surface area contributed by atoms with Crippen LogP contribution < -0.4 is 10.5 Å². The molecule has 0 radical (unpaired) electrons. The number of piperidine rings is 1. The van der Waals surface area contributed by atoms with Crippen molar-refractivity contribution in [1.29, 1.82) is 0 Å². The summed E-state index contributed by atoms with van der Waals surface area (Å²) in [5, 5.41) is 9.32. The molecule has 3 N–H and O–H groups in total. The van der Waals surface area contributed by atoms with E-state index in [0.29, 0.717) is 6.04 Å². The van der Waals surface area contributed by atoms with Crippen LogP contribution in [0.1, 0.15) is 44.2 Å². The number of benzene rings is 1. The Morgan fingerprint density at radius 1 is 1.33 bits per heavy atom. The van der Waals surface area contributed by atoms with Crippen LogP contribution in [-0.2, 0) is 0 Å². The van der Waals surface area contributed by atoms with Crippen molar-refractivity contribution in [3.05, 3.63) is 29.8 Å². The summed E-state index contributed by atoms with van der Waals surface area (Å²) in [4.78, 5) is 2.49. The predicted octanol–water partition coefficient (Wildman–Crippen LogP) is 2.32. The van der Waals surface area contributed by atoms with E-state index in [2.05, 4.69) is 24.0 Å². The zero-order chi connectivity index (χ0) is 15.2. The van der Waals surface area contributed by atoms with Crippen LogP contribution >= 0.6 is 0 Å². The van der Waals surface area contributed by atoms with Crippen molar-refractivity contribution in [3.63, 3.8) is 0 Å². The van der Waals surface area contributed by atoms with Crippen LogP contribution in [0.3, 0.4) is 0 Å². The first-order chi connectivity index (χ1) is 10.2. The number of nitrogens with two attached hydrogens (primary N) is 1. The Kier molecular flexibility index (Phi) is 6.03. The summed E-state index contributed by atoms with van der Waals surface area (Å²) in [6.07, 6.45) is 4.44. The van der Waals surface area contributed by atoms with E-state index in [1.54, 1.807) is 7.11 Å². The third-order valence-electron chi connectivity index (χ3n) is 4.45. The molecule has 1 aromatic carbocycles. The lowest BCUT2D eigenvalue weighted by Gasteiger charge is -2.43. The van der Waals surface area contributed by atoms with Gasteiger partial charge in [-0.25, -0.2) is 0 Å². The zero-order valence-corrected chi connectivity index (χ0v) is 13.2. The van der Waals surface area contributed by atoms with Crippen molar-refractivity contribution >= 4 is 0 Å². The molecule has 0 spiro atoms. The minimum Gasteiger partial charge on any atom is -0.497 e. The van der Waals surface area contributed by atoms with Gasteiger partial charge in [0.1, 0.15) is 5.75 Å². The maximum atomic E-state index is 9.32. The van der Waals surface area contributed by atoms with Crippen LogP contribution in [0.5, 0.6) is 5.75 Å². The van der Waals surface area contributed by atoms with Crippen molar-refractivity contribution in [2.75, 3.05) is 20.3 Å². The van der Waals surface area contributed by atoms with Gasteiger partial charge in [0, 0.05) is 24.7 Å². The average molecular weight is 292 g/mol. The van der Waals surface area contributed by atoms with Crippen LogP contribution in [0.2, 0.25) is 0 Å². The molecule has 0 aliphatic carbocycles. The molecule has 1 saturated heterocycles. The van der Waals surface area contributed by atoms with Gasteiger partial charge in [-0.05, 0) is 50.4 Å². The van der Waals surface area contributed by atoms with Gasteiger partial charge in [-0.3, -0.25) is 4.90 Å². The summed E-state index contributed by atoms with van der Waals surface area (Å²) in [7, 11) is 1.68. The monoisotopic (exact) mass is 292 g/mol. The number of hydrogen-bond acceptors (Lipinski definition) is 4. The van der Waals surface area contributed by atoms with Crippen molar-refractivity contribution in [2.45, 2.75) is 50.7 Å². The average Bonchev–Trinajstić information content (AvgIpc) is 2.50.